The largest absolute Gasteiger partial charge is 0.494 e. The van der Waals surface area contributed by atoms with Gasteiger partial charge in [0.1, 0.15) is 11.5 Å². The van der Waals surface area contributed by atoms with Crippen LogP contribution in [-0.2, 0) is 0 Å². The van der Waals surface area contributed by atoms with E-state index in [1.165, 1.54) is 6.21 Å². The van der Waals surface area contributed by atoms with Gasteiger partial charge in [-0.25, -0.2) is 4.79 Å². The zero-order valence-corrected chi connectivity index (χ0v) is 11.5. The molecule has 0 radical (unpaired) electrons. The molecule has 0 aliphatic heterocycles. The maximum atomic E-state index is 12.0. The van der Waals surface area contributed by atoms with E-state index >= 15 is 0 Å². The lowest BCUT2D eigenvalue weighted by Crippen LogP contribution is -2.08. The van der Waals surface area contributed by atoms with E-state index in [1.807, 2.05) is 6.92 Å². The quantitative estimate of drug-likeness (QED) is 0.301. The topological polar surface area (TPSA) is 68.1 Å². The zero-order chi connectivity index (χ0) is 15.1. The van der Waals surface area contributed by atoms with Gasteiger partial charge >= 0.3 is 5.97 Å². The Bertz CT molecular complexity index is 618. The molecule has 0 heterocycles. The number of hydrogen-bond acceptors (Lipinski definition) is 5. The number of rotatable bonds is 5. The van der Waals surface area contributed by atoms with Gasteiger partial charge in [0.25, 0.3) is 0 Å². The Balaban J connectivity index is 2.03. The lowest BCUT2D eigenvalue weighted by Gasteiger charge is -2.06. The van der Waals surface area contributed by atoms with Gasteiger partial charge in [-0.05, 0) is 61.0 Å². The van der Waals surface area contributed by atoms with Crippen molar-refractivity contribution in [2.75, 3.05) is 6.61 Å². The summed E-state index contributed by atoms with van der Waals surface area (Å²) in [6.07, 6.45) is 1.29. The fourth-order valence-corrected chi connectivity index (χ4v) is 1.71. The molecule has 0 fully saturated rings. The zero-order valence-electron chi connectivity index (χ0n) is 11.5. The van der Waals surface area contributed by atoms with Crippen LogP contribution in [0.3, 0.4) is 0 Å². The van der Waals surface area contributed by atoms with Gasteiger partial charge in [0, 0.05) is 0 Å². The lowest BCUT2D eigenvalue weighted by molar-refractivity contribution is 0.0734. The molecule has 5 heteroatoms. The summed E-state index contributed by atoms with van der Waals surface area (Å²) in [5.41, 5.74) is 1.15. The van der Waals surface area contributed by atoms with Crippen molar-refractivity contribution in [3.8, 4) is 11.5 Å². The SMILES string of the molecule is CCOc1ccc(C(=O)Oc2ccc(/C=N/O)cc2)cc1. The van der Waals surface area contributed by atoms with Crippen molar-refractivity contribution >= 4 is 12.2 Å². The molecule has 1 N–H and O–H groups in total. The Kier molecular flexibility index (Phi) is 4.93. The molecular weight excluding hydrogens is 270 g/mol. The maximum absolute atomic E-state index is 12.0. The first-order chi connectivity index (χ1) is 10.2. The monoisotopic (exact) mass is 285 g/mol. The average Bonchev–Trinajstić information content (AvgIpc) is 2.50. The first kappa shape index (κ1) is 14.6. The molecule has 0 saturated carbocycles. The molecule has 0 bridgehead atoms. The number of ether oxygens (including phenoxy) is 2. The highest BCUT2D eigenvalue weighted by Crippen LogP contribution is 2.16. The number of hydrogen-bond donors (Lipinski definition) is 1. The van der Waals surface area contributed by atoms with E-state index in [4.69, 9.17) is 14.7 Å². The van der Waals surface area contributed by atoms with Crippen LogP contribution in [0.5, 0.6) is 11.5 Å². The van der Waals surface area contributed by atoms with Gasteiger partial charge in [0.05, 0.1) is 18.4 Å². The molecular formula is C16H15NO4. The van der Waals surface area contributed by atoms with E-state index < -0.39 is 5.97 Å². The minimum atomic E-state index is -0.443. The summed E-state index contributed by atoms with van der Waals surface area (Å²) in [6, 6.07) is 13.4. The highest BCUT2D eigenvalue weighted by molar-refractivity contribution is 5.91. The third-order valence-corrected chi connectivity index (χ3v) is 2.70. The van der Waals surface area contributed by atoms with Gasteiger partial charge in [-0.15, -0.1) is 0 Å². The Morgan fingerprint density at radius 2 is 1.71 bits per heavy atom. The molecule has 21 heavy (non-hydrogen) atoms. The number of benzene rings is 2. The predicted molar refractivity (Wildman–Crippen MR) is 78.4 cm³/mol. The smallest absolute Gasteiger partial charge is 0.343 e. The second-order valence-corrected chi connectivity index (χ2v) is 4.16. The van der Waals surface area contributed by atoms with Crippen LogP contribution < -0.4 is 9.47 Å². The summed E-state index contributed by atoms with van der Waals surface area (Å²) in [5.74, 6) is 0.687. The average molecular weight is 285 g/mol. The first-order valence-corrected chi connectivity index (χ1v) is 6.45. The molecule has 0 saturated heterocycles. The number of carbonyl (C=O) groups is 1. The molecule has 108 valence electrons. The number of carbonyl (C=O) groups excluding carboxylic acids is 1. The third-order valence-electron chi connectivity index (χ3n) is 2.70. The summed E-state index contributed by atoms with van der Waals surface area (Å²) in [6.45, 7) is 2.47. The summed E-state index contributed by atoms with van der Waals surface area (Å²) < 4.78 is 10.6. The molecule has 0 aliphatic carbocycles. The van der Waals surface area contributed by atoms with Crippen LogP contribution in [0.1, 0.15) is 22.8 Å². The minimum Gasteiger partial charge on any atom is -0.494 e. The number of nitrogens with zero attached hydrogens (tertiary/aromatic N) is 1. The van der Waals surface area contributed by atoms with Crippen molar-refractivity contribution in [3.63, 3.8) is 0 Å². The van der Waals surface area contributed by atoms with Crippen molar-refractivity contribution in [1.29, 1.82) is 0 Å². The summed E-state index contributed by atoms with van der Waals surface area (Å²) in [7, 11) is 0. The van der Waals surface area contributed by atoms with Crippen molar-refractivity contribution < 1.29 is 19.5 Å². The minimum absolute atomic E-state index is 0.420. The molecule has 0 unspecified atom stereocenters. The second-order valence-electron chi connectivity index (χ2n) is 4.16. The third kappa shape index (κ3) is 4.07. The van der Waals surface area contributed by atoms with Crippen LogP contribution >= 0.6 is 0 Å². The molecule has 0 aromatic heterocycles. The first-order valence-electron chi connectivity index (χ1n) is 6.45. The molecule has 0 aliphatic rings. The van der Waals surface area contributed by atoms with E-state index in [1.54, 1.807) is 48.5 Å². The molecule has 2 aromatic carbocycles. The maximum Gasteiger partial charge on any atom is 0.343 e. The van der Waals surface area contributed by atoms with E-state index in [0.717, 1.165) is 0 Å². The van der Waals surface area contributed by atoms with Gasteiger partial charge in [0.15, 0.2) is 0 Å². The highest BCUT2D eigenvalue weighted by atomic mass is 16.5. The summed E-state index contributed by atoms with van der Waals surface area (Å²) in [4.78, 5) is 12.0. The van der Waals surface area contributed by atoms with Crippen molar-refractivity contribution in [2.45, 2.75) is 6.92 Å². The molecule has 2 rings (SSSR count). The second kappa shape index (κ2) is 7.09. The van der Waals surface area contributed by atoms with Crippen molar-refractivity contribution in [2.24, 2.45) is 5.16 Å². The van der Waals surface area contributed by atoms with Crippen molar-refractivity contribution in [1.82, 2.24) is 0 Å². The molecule has 0 amide bonds. The van der Waals surface area contributed by atoms with E-state index in [0.29, 0.717) is 29.2 Å². The van der Waals surface area contributed by atoms with Gasteiger partial charge in [-0.2, -0.15) is 0 Å². The van der Waals surface area contributed by atoms with Crippen LogP contribution in [0.25, 0.3) is 0 Å². The van der Waals surface area contributed by atoms with Crippen LogP contribution in [0.15, 0.2) is 53.7 Å². The normalized spacial score (nSPS) is 10.5. The van der Waals surface area contributed by atoms with Crippen LogP contribution in [-0.4, -0.2) is 24.0 Å². The van der Waals surface area contributed by atoms with E-state index in [2.05, 4.69) is 5.16 Å². The van der Waals surface area contributed by atoms with Gasteiger partial charge < -0.3 is 14.7 Å². The van der Waals surface area contributed by atoms with Crippen LogP contribution in [0.2, 0.25) is 0 Å². The molecule has 5 nitrogen and oxygen atoms in total. The predicted octanol–water partition coefficient (Wildman–Crippen LogP) is 3.11. The molecule has 2 aromatic rings. The van der Waals surface area contributed by atoms with Crippen molar-refractivity contribution in [3.05, 3.63) is 59.7 Å². The van der Waals surface area contributed by atoms with Gasteiger partial charge in [0.2, 0.25) is 0 Å². The highest BCUT2D eigenvalue weighted by Gasteiger charge is 2.08. The summed E-state index contributed by atoms with van der Waals surface area (Å²) >= 11 is 0. The van der Waals surface area contributed by atoms with E-state index in [9.17, 15) is 4.79 Å². The number of esters is 1. The van der Waals surface area contributed by atoms with Crippen LogP contribution in [0.4, 0.5) is 0 Å². The van der Waals surface area contributed by atoms with Crippen LogP contribution in [0, 0.1) is 0 Å². The Hall–Kier alpha value is -2.82. The number of oxime groups is 1. The van der Waals surface area contributed by atoms with Gasteiger partial charge in [-0.1, -0.05) is 5.16 Å². The fraction of sp³-hybridized carbons (Fsp3) is 0.125. The fourth-order valence-electron chi connectivity index (χ4n) is 1.71. The van der Waals surface area contributed by atoms with E-state index in [-0.39, 0.29) is 0 Å². The summed E-state index contributed by atoms with van der Waals surface area (Å²) in [5, 5.41) is 11.3. The Morgan fingerprint density at radius 3 is 2.29 bits per heavy atom. The van der Waals surface area contributed by atoms with Gasteiger partial charge in [-0.3, -0.25) is 0 Å². The Labute approximate surface area is 122 Å². The lowest BCUT2D eigenvalue weighted by atomic mass is 10.2. The molecule has 0 atom stereocenters. The molecule has 0 spiro atoms. The standard InChI is InChI=1S/C16H15NO4/c1-2-20-14-9-5-13(6-10-14)16(18)21-15-7-3-12(4-8-15)11-17-19/h3-11,19H,2H2,1H3/b17-11+. The Morgan fingerprint density at radius 1 is 1.10 bits per heavy atom.